The van der Waals surface area contributed by atoms with Crippen LogP contribution in [0.2, 0.25) is 0 Å². The van der Waals surface area contributed by atoms with Crippen molar-refractivity contribution in [2.45, 2.75) is 6.42 Å². The molecule has 3 rings (SSSR count). The highest BCUT2D eigenvalue weighted by Gasteiger charge is 2.17. The molecule has 7 heteroatoms. The summed E-state index contributed by atoms with van der Waals surface area (Å²) in [5.74, 6) is 0.0729. The topological polar surface area (TPSA) is 100 Å². The van der Waals surface area contributed by atoms with E-state index in [4.69, 9.17) is 14.7 Å². The van der Waals surface area contributed by atoms with Gasteiger partial charge in [0, 0.05) is 11.1 Å². The first kappa shape index (κ1) is 15.4. The van der Waals surface area contributed by atoms with Crippen LogP contribution in [0.3, 0.4) is 0 Å². The summed E-state index contributed by atoms with van der Waals surface area (Å²) >= 11 is 0. The monoisotopic (exact) mass is 323 g/mol. The lowest BCUT2D eigenvalue weighted by Crippen LogP contribution is -2.41. The van der Waals surface area contributed by atoms with Crippen molar-refractivity contribution in [2.75, 3.05) is 6.79 Å². The number of hydrogen-bond acceptors (Lipinski definition) is 5. The van der Waals surface area contributed by atoms with E-state index in [9.17, 15) is 9.59 Å². The summed E-state index contributed by atoms with van der Waals surface area (Å²) in [5.41, 5.74) is 5.94. The average Bonchev–Trinajstić information content (AvgIpc) is 3.08. The maximum absolute atomic E-state index is 12.2. The molecule has 1 heterocycles. The number of hydrogen-bond donors (Lipinski definition) is 2. The van der Waals surface area contributed by atoms with Crippen LogP contribution in [0, 0.1) is 11.3 Å². The molecule has 0 spiro atoms. The van der Waals surface area contributed by atoms with Gasteiger partial charge in [0.05, 0.1) is 12.5 Å². The predicted molar refractivity (Wildman–Crippen MR) is 83.3 cm³/mol. The maximum Gasteiger partial charge on any atom is 0.270 e. The van der Waals surface area contributed by atoms with Gasteiger partial charge in [0.1, 0.15) is 0 Å². The molecule has 0 bridgehead atoms. The van der Waals surface area contributed by atoms with Crippen LogP contribution in [-0.4, -0.2) is 18.6 Å². The Morgan fingerprint density at radius 3 is 2.62 bits per heavy atom. The maximum atomic E-state index is 12.2. The minimum atomic E-state index is -0.491. The third kappa shape index (κ3) is 3.13. The number of nitrogens with zero attached hydrogens (tertiary/aromatic N) is 1. The Labute approximate surface area is 137 Å². The molecular formula is C17H13N3O4. The molecule has 0 aliphatic carbocycles. The molecule has 7 nitrogen and oxygen atoms in total. The first-order valence-corrected chi connectivity index (χ1v) is 7.14. The molecule has 0 atom stereocenters. The molecule has 0 fully saturated rings. The number of nitriles is 1. The van der Waals surface area contributed by atoms with Gasteiger partial charge in [0.15, 0.2) is 11.5 Å². The zero-order valence-corrected chi connectivity index (χ0v) is 12.5. The van der Waals surface area contributed by atoms with Crippen molar-refractivity contribution in [1.29, 1.82) is 5.26 Å². The molecule has 0 saturated carbocycles. The van der Waals surface area contributed by atoms with E-state index in [-0.39, 0.29) is 13.2 Å². The van der Waals surface area contributed by atoms with Gasteiger partial charge in [-0.2, -0.15) is 5.26 Å². The molecule has 1 aliphatic heterocycles. The highest BCUT2D eigenvalue weighted by molar-refractivity contribution is 6.00. The van der Waals surface area contributed by atoms with E-state index >= 15 is 0 Å². The van der Waals surface area contributed by atoms with Gasteiger partial charge in [-0.1, -0.05) is 18.2 Å². The van der Waals surface area contributed by atoms with Crippen molar-refractivity contribution < 1.29 is 19.1 Å². The van der Waals surface area contributed by atoms with Crippen molar-refractivity contribution in [1.82, 2.24) is 10.9 Å². The van der Waals surface area contributed by atoms with E-state index < -0.39 is 11.8 Å². The van der Waals surface area contributed by atoms with E-state index in [1.165, 1.54) is 6.07 Å². The van der Waals surface area contributed by atoms with Crippen LogP contribution in [0.1, 0.15) is 26.3 Å². The van der Waals surface area contributed by atoms with E-state index in [1.54, 1.807) is 36.4 Å². The number of amides is 2. The number of carbonyl (C=O) groups excluding carboxylic acids is 2. The lowest BCUT2D eigenvalue weighted by Gasteiger charge is -2.10. The molecule has 2 aromatic rings. The van der Waals surface area contributed by atoms with Crippen LogP contribution in [0.25, 0.3) is 0 Å². The Kier molecular flexibility index (Phi) is 4.29. The quantitative estimate of drug-likeness (QED) is 0.835. The second-order valence-corrected chi connectivity index (χ2v) is 4.97. The number of hydrazine groups is 1. The smallest absolute Gasteiger partial charge is 0.270 e. The fourth-order valence-corrected chi connectivity index (χ4v) is 2.27. The minimum absolute atomic E-state index is 0.111. The summed E-state index contributed by atoms with van der Waals surface area (Å²) in [7, 11) is 0. The summed E-state index contributed by atoms with van der Waals surface area (Å²) in [6.45, 7) is 0.118. The van der Waals surface area contributed by atoms with Gasteiger partial charge in [0.2, 0.25) is 6.79 Å². The largest absolute Gasteiger partial charge is 0.454 e. The van der Waals surface area contributed by atoms with E-state index in [0.717, 1.165) is 0 Å². The Morgan fingerprint density at radius 2 is 1.79 bits per heavy atom. The highest BCUT2D eigenvalue weighted by atomic mass is 16.7. The van der Waals surface area contributed by atoms with Crippen molar-refractivity contribution in [3.8, 4) is 17.6 Å². The van der Waals surface area contributed by atoms with E-state index in [2.05, 4.69) is 10.9 Å². The molecule has 24 heavy (non-hydrogen) atoms. The molecule has 2 amide bonds. The molecule has 1 aliphatic rings. The van der Waals surface area contributed by atoms with E-state index in [1.807, 2.05) is 6.07 Å². The standard InChI is InChI=1S/C17H13N3O4/c18-8-7-11-3-1-2-4-13(11)17(22)20-19-16(21)12-5-6-14-15(9-12)24-10-23-14/h1-6,9H,7,10H2,(H,19,21)(H,20,22). The summed E-state index contributed by atoms with van der Waals surface area (Å²) in [5, 5.41) is 8.80. The molecule has 0 radical (unpaired) electrons. The molecule has 0 saturated heterocycles. The number of ether oxygens (including phenoxy) is 2. The van der Waals surface area contributed by atoms with Gasteiger partial charge in [-0.3, -0.25) is 20.4 Å². The van der Waals surface area contributed by atoms with Crippen LogP contribution in [0.15, 0.2) is 42.5 Å². The Morgan fingerprint density at radius 1 is 1.04 bits per heavy atom. The third-order valence-corrected chi connectivity index (χ3v) is 3.46. The lowest BCUT2D eigenvalue weighted by molar-refractivity contribution is 0.0846. The third-order valence-electron chi connectivity index (χ3n) is 3.46. The van der Waals surface area contributed by atoms with Gasteiger partial charge in [-0.25, -0.2) is 0 Å². The van der Waals surface area contributed by atoms with Gasteiger partial charge in [-0.15, -0.1) is 0 Å². The van der Waals surface area contributed by atoms with Gasteiger partial charge in [-0.05, 0) is 29.8 Å². The van der Waals surface area contributed by atoms with Crippen molar-refractivity contribution in [3.05, 3.63) is 59.2 Å². The predicted octanol–water partition coefficient (Wildman–Crippen LogP) is 1.56. The molecule has 2 aromatic carbocycles. The molecule has 120 valence electrons. The number of rotatable bonds is 3. The number of benzene rings is 2. The van der Waals surface area contributed by atoms with Crippen LogP contribution >= 0.6 is 0 Å². The summed E-state index contributed by atoms with van der Waals surface area (Å²) in [6, 6.07) is 13.4. The SMILES string of the molecule is N#CCc1ccccc1C(=O)NNC(=O)c1ccc2c(c1)OCO2. The second kappa shape index (κ2) is 6.71. The minimum Gasteiger partial charge on any atom is -0.454 e. The first-order chi connectivity index (χ1) is 11.7. The van der Waals surface area contributed by atoms with Gasteiger partial charge < -0.3 is 9.47 Å². The van der Waals surface area contributed by atoms with Crippen LogP contribution in [-0.2, 0) is 6.42 Å². The second-order valence-electron chi connectivity index (χ2n) is 4.97. The van der Waals surface area contributed by atoms with Crippen LogP contribution < -0.4 is 20.3 Å². The molecular weight excluding hydrogens is 310 g/mol. The zero-order chi connectivity index (χ0) is 16.9. The average molecular weight is 323 g/mol. The van der Waals surface area contributed by atoms with Crippen molar-refractivity contribution >= 4 is 11.8 Å². The molecule has 0 aromatic heterocycles. The lowest BCUT2D eigenvalue weighted by atomic mass is 10.0. The highest BCUT2D eigenvalue weighted by Crippen LogP contribution is 2.32. The summed E-state index contributed by atoms with van der Waals surface area (Å²) in [4.78, 5) is 24.3. The van der Waals surface area contributed by atoms with Gasteiger partial charge >= 0.3 is 0 Å². The number of fused-ring (bicyclic) bond motifs is 1. The Bertz CT molecular complexity index is 842. The number of carbonyl (C=O) groups is 2. The Balaban J connectivity index is 1.66. The van der Waals surface area contributed by atoms with Crippen LogP contribution in [0.5, 0.6) is 11.5 Å². The number of nitrogens with one attached hydrogen (secondary N) is 2. The molecule has 0 unspecified atom stereocenters. The van der Waals surface area contributed by atoms with Crippen molar-refractivity contribution in [3.63, 3.8) is 0 Å². The molecule has 2 N–H and O–H groups in total. The fraction of sp³-hybridized carbons (Fsp3) is 0.118. The first-order valence-electron chi connectivity index (χ1n) is 7.14. The summed E-state index contributed by atoms with van der Waals surface area (Å²) in [6.07, 6.45) is 0.111. The zero-order valence-electron chi connectivity index (χ0n) is 12.5. The fourth-order valence-electron chi connectivity index (χ4n) is 2.27. The Hall–Kier alpha value is -3.53. The van der Waals surface area contributed by atoms with Crippen LogP contribution in [0.4, 0.5) is 0 Å². The summed E-state index contributed by atoms with van der Waals surface area (Å²) < 4.78 is 10.4. The normalized spacial score (nSPS) is 11.5. The van der Waals surface area contributed by atoms with Crippen molar-refractivity contribution in [2.24, 2.45) is 0 Å². The van der Waals surface area contributed by atoms with E-state index in [0.29, 0.717) is 28.2 Å². The van der Waals surface area contributed by atoms with Gasteiger partial charge in [0.25, 0.3) is 11.8 Å².